The highest BCUT2D eigenvalue weighted by Crippen LogP contribution is 2.43. The third-order valence-electron chi connectivity index (χ3n) is 9.02. The number of carbonyl (C=O) groups is 1. The number of aliphatic hydroxyl groups is 1. The Kier molecular flexibility index (Phi) is 36.0. The molecule has 8 nitrogen and oxygen atoms in total. The minimum atomic E-state index is -4.33. The van der Waals surface area contributed by atoms with E-state index in [4.69, 9.17) is 14.8 Å². The zero-order valence-corrected chi connectivity index (χ0v) is 32.8. The molecule has 0 aromatic heterocycles. The Morgan fingerprint density at radius 3 is 1.51 bits per heavy atom. The molecule has 0 radical (unpaired) electrons. The summed E-state index contributed by atoms with van der Waals surface area (Å²) in [6.07, 6.45) is 40.9. The molecule has 0 aromatic rings. The van der Waals surface area contributed by atoms with Gasteiger partial charge in [-0.1, -0.05) is 167 Å². The number of hydrogen-bond acceptors (Lipinski definition) is 6. The van der Waals surface area contributed by atoms with E-state index in [1.165, 1.54) is 135 Å². The summed E-state index contributed by atoms with van der Waals surface area (Å²) in [5, 5.41) is 13.6. The van der Waals surface area contributed by atoms with Crippen LogP contribution in [0.1, 0.15) is 194 Å². The van der Waals surface area contributed by atoms with Crippen molar-refractivity contribution >= 4 is 13.7 Å². The summed E-state index contributed by atoms with van der Waals surface area (Å²) >= 11 is 0. The molecule has 0 saturated heterocycles. The van der Waals surface area contributed by atoms with E-state index in [9.17, 15) is 19.4 Å². The van der Waals surface area contributed by atoms with Crippen molar-refractivity contribution in [3.05, 3.63) is 24.3 Å². The van der Waals surface area contributed by atoms with Gasteiger partial charge in [0.1, 0.15) is 0 Å². The number of allylic oxidation sites excluding steroid dienone is 3. The number of hydrogen-bond donors (Lipinski definition) is 4. The largest absolute Gasteiger partial charge is 0.472 e. The SMILES string of the molecule is CCCCCCCC/C=C\CCCCCCCCCCCCCC(=O)N[C@@H](COP(=O)(O)OCCN)[C@H](O)/C=C/CCCCCCCCC. The van der Waals surface area contributed by atoms with E-state index in [0.29, 0.717) is 6.42 Å². The summed E-state index contributed by atoms with van der Waals surface area (Å²) in [6, 6.07) is -0.855. The first-order valence-electron chi connectivity index (χ1n) is 20.5. The van der Waals surface area contributed by atoms with Crippen LogP contribution in [-0.2, 0) is 18.4 Å². The van der Waals surface area contributed by atoms with Gasteiger partial charge in [0.05, 0.1) is 25.4 Å². The standard InChI is InChI=1S/C40H79N2O6P/c1-3-5-7-9-11-13-14-15-16-17-18-19-20-21-22-23-24-26-28-30-32-34-40(44)42-38(37-48-49(45,46)47-36-35-41)39(43)33-31-29-27-25-12-10-8-6-4-2/h15-16,31,33,38-39,43H,3-14,17-30,32,34-37,41H2,1-2H3,(H,42,44)(H,45,46)/b16-15-,33-31+/t38-,39+/m0/s1. The van der Waals surface area contributed by atoms with Crippen molar-refractivity contribution in [1.82, 2.24) is 5.32 Å². The molecular weight excluding hydrogens is 635 g/mol. The Labute approximate surface area is 302 Å². The molecule has 1 unspecified atom stereocenters. The van der Waals surface area contributed by atoms with E-state index in [2.05, 4.69) is 31.3 Å². The van der Waals surface area contributed by atoms with E-state index in [-0.39, 0.29) is 25.7 Å². The molecule has 0 saturated carbocycles. The van der Waals surface area contributed by atoms with Crippen LogP contribution in [-0.4, -0.2) is 47.8 Å². The Morgan fingerprint density at radius 2 is 1.06 bits per heavy atom. The van der Waals surface area contributed by atoms with Crippen molar-refractivity contribution in [2.45, 2.75) is 206 Å². The van der Waals surface area contributed by atoms with Gasteiger partial charge < -0.3 is 21.1 Å². The van der Waals surface area contributed by atoms with Crippen molar-refractivity contribution < 1.29 is 28.4 Å². The van der Waals surface area contributed by atoms with Crippen molar-refractivity contribution in [2.75, 3.05) is 19.8 Å². The van der Waals surface area contributed by atoms with Crippen LogP contribution >= 0.6 is 7.82 Å². The van der Waals surface area contributed by atoms with Gasteiger partial charge in [0.25, 0.3) is 0 Å². The summed E-state index contributed by atoms with van der Waals surface area (Å²) < 4.78 is 22.0. The molecule has 0 aromatic carbocycles. The summed E-state index contributed by atoms with van der Waals surface area (Å²) in [6.45, 7) is 4.10. The Hall–Kier alpha value is -1.02. The van der Waals surface area contributed by atoms with Crippen molar-refractivity contribution in [1.29, 1.82) is 0 Å². The van der Waals surface area contributed by atoms with E-state index >= 15 is 0 Å². The number of nitrogens with two attached hydrogens (primary N) is 1. The molecule has 290 valence electrons. The maximum atomic E-state index is 12.7. The fourth-order valence-electron chi connectivity index (χ4n) is 5.89. The smallest absolute Gasteiger partial charge is 0.387 e. The maximum absolute atomic E-state index is 12.7. The van der Waals surface area contributed by atoms with Crippen LogP contribution in [0, 0.1) is 0 Å². The fourth-order valence-corrected chi connectivity index (χ4v) is 6.65. The van der Waals surface area contributed by atoms with E-state index in [0.717, 1.165) is 38.5 Å². The molecule has 0 aliphatic heterocycles. The first-order chi connectivity index (χ1) is 23.9. The zero-order valence-electron chi connectivity index (χ0n) is 31.9. The molecule has 0 rings (SSSR count). The predicted molar refractivity (Wildman–Crippen MR) is 208 cm³/mol. The molecule has 1 amide bonds. The zero-order chi connectivity index (χ0) is 36.1. The monoisotopic (exact) mass is 715 g/mol. The molecule has 3 atom stereocenters. The lowest BCUT2D eigenvalue weighted by Gasteiger charge is -2.23. The second kappa shape index (κ2) is 36.8. The lowest BCUT2D eigenvalue weighted by Crippen LogP contribution is -2.45. The van der Waals surface area contributed by atoms with Crippen LogP contribution in [0.4, 0.5) is 0 Å². The predicted octanol–water partition coefficient (Wildman–Crippen LogP) is 11.0. The summed E-state index contributed by atoms with van der Waals surface area (Å²) in [5.74, 6) is -0.197. The highest BCUT2D eigenvalue weighted by Gasteiger charge is 2.26. The summed E-state index contributed by atoms with van der Waals surface area (Å²) in [5.41, 5.74) is 5.35. The lowest BCUT2D eigenvalue weighted by atomic mass is 10.0. The third-order valence-corrected chi connectivity index (χ3v) is 10.0. The van der Waals surface area contributed by atoms with Gasteiger partial charge in [-0.15, -0.1) is 0 Å². The molecule has 0 fully saturated rings. The van der Waals surface area contributed by atoms with E-state index in [1.807, 2.05) is 6.08 Å². The topological polar surface area (TPSA) is 131 Å². The number of phosphoric acid groups is 1. The number of aliphatic hydroxyl groups excluding tert-OH is 1. The minimum absolute atomic E-state index is 0.0791. The van der Waals surface area contributed by atoms with Crippen LogP contribution in [0.3, 0.4) is 0 Å². The maximum Gasteiger partial charge on any atom is 0.472 e. The highest BCUT2D eigenvalue weighted by atomic mass is 31.2. The van der Waals surface area contributed by atoms with Crippen molar-refractivity contribution in [3.8, 4) is 0 Å². The number of carbonyl (C=O) groups excluding carboxylic acids is 1. The first-order valence-corrected chi connectivity index (χ1v) is 22.0. The number of unbranched alkanes of at least 4 members (excludes halogenated alkanes) is 24. The average molecular weight is 715 g/mol. The second-order valence-electron chi connectivity index (χ2n) is 13.8. The molecular formula is C40H79N2O6P. The quantitative estimate of drug-likeness (QED) is 0.0284. The fraction of sp³-hybridized carbons (Fsp3) is 0.875. The summed E-state index contributed by atoms with van der Waals surface area (Å²) in [7, 11) is -4.33. The Morgan fingerprint density at radius 1 is 0.653 bits per heavy atom. The Balaban J connectivity index is 4.09. The van der Waals surface area contributed by atoms with Gasteiger partial charge in [-0.05, 0) is 44.9 Å². The number of phosphoric ester groups is 1. The highest BCUT2D eigenvalue weighted by molar-refractivity contribution is 7.47. The lowest BCUT2D eigenvalue weighted by molar-refractivity contribution is -0.123. The molecule has 0 bridgehead atoms. The van der Waals surface area contributed by atoms with Crippen LogP contribution in [0.2, 0.25) is 0 Å². The van der Waals surface area contributed by atoms with Crippen molar-refractivity contribution in [3.63, 3.8) is 0 Å². The second-order valence-corrected chi connectivity index (χ2v) is 15.3. The van der Waals surface area contributed by atoms with E-state index in [1.54, 1.807) is 6.08 Å². The normalized spacial score (nSPS) is 14.5. The number of nitrogens with one attached hydrogen (secondary N) is 1. The van der Waals surface area contributed by atoms with Crippen molar-refractivity contribution in [2.24, 2.45) is 5.73 Å². The van der Waals surface area contributed by atoms with Gasteiger partial charge in [-0.2, -0.15) is 0 Å². The molecule has 5 N–H and O–H groups in total. The minimum Gasteiger partial charge on any atom is -0.387 e. The molecule has 0 heterocycles. The van der Waals surface area contributed by atoms with Crippen LogP contribution in [0.5, 0.6) is 0 Å². The molecule has 49 heavy (non-hydrogen) atoms. The molecule has 9 heteroatoms. The average Bonchev–Trinajstić information content (AvgIpc) is 3.09. The molecule has 0 aliphatic carbocycles. The van der Waals surface area contributed by atoms with Gasteiger partial charge in [-0.25, -0.2) is 4.57 Å². The number of amides is 1. The molecule has 0 spiro atoms. The summed E-state index contributed by atoms with van der Waals surface area (Å²) in [4.78, 5) is 22.6. The van der Waals surface area contributed by atoms with Crippen LogP contribution in [0.25, 0.3) is 0 Å². The number of rotatable bonds is 38. The van der Waals surface area contributed by atoms with Gasteiger partial charge in [0, 0.05) is 13.0 Å². The van der Waals surface area contributed by atoms with Gasteiger partial charge in [0.15, 0.2) is 0 Å². The first kappa shape index (κ1) is 48.0. The van der Waals surface area contributed by atoms with Gasteiger partial charge in [0.2, 0.25) is 5.91 Å². The Bertz CT molecular complexity index is 825. The van der Waals surface area contributed by atoms with Gasteiger partial charge in [-0.3, -0.25) is 13.8 Å². The third kappa shape index (κ3) is 35.2. The van der Waals surface area contributed by atoms with Gasteiger partial charge >= 0.3 is 7.82 Å². The van der Waals surface area contributed by atoms with Crippen LogP contribution in [0.15, 0.2) is 24.3 Å². The van der Waals surface area contributed by atoms with Crippen LogP contribution < -0.4 is 11.1 Å². The van der Waals surface area contributed by atoms with E-state index < -0.39 is 20.0 Å². The molecule has 0 aliphatic rings.